The van der Waals surface area contributed by atoms with E-state index in [1.54, 1.807) is 0 Å². The SMILES string of the molecule is CNc1nc(CSC2CCCCC2)nc(C(C)(C)C)c1Br. The van der Waals surface area contributed by atoms with E-state index in [1.807, 2.05) is 18.8 Å². The standard InChI is InChI=1S/C16H26BrN3S/c1-16(2,3)14-13(17)15(18-4)20-12(19-14)10-21-11-8-6-5-7-9-11/h11H,5-10H2,1-4H3,(H,18,19,20). The van der Waals surface area contributed by atoms with Gasteiger partial charge in [0.1, 0.15) is 11.6 Å². The zero-order valence-electron chi connectivity index (χ0n) is 13.5. The molecule has 1 aliphatic carbocycles. The van der Waals surface area contributed by atoms with E-state index >= 15 is 0 Å². The van der Waals surface area contributed by atoms with Gasteiger partial charge in [0.25, 0.3) is 0 Å². The van der Waals surface area contributed by atoms with Crippen molar-refractivity contribution in [1.82, 2.24) is 9.97 Å². The highest BCUT2D eigenvalue weighted by atomic mass is 79.9. The third kappa shape index (κ3) is 4.59. The van der Waals surface area contributed by atoms with Crippen LogP contribution in [0, 0.1) is 0 Å². The first-order chi connectivity index (χ1) is 9.91. The van der Waals surface area contributed by atoms with Crippen LogP contribution in [-0.4, -0.2) is 22.3 Å². The molecular weight excluding hydrogens is 346 g/mol. The maximum absolute atomic E-state index is 4.82. The lowest BCUT2D eigenvalue weighted by atomic mass is 9.92. The van der Waals surface area contributed by atoms with Gasteiger partial charge < -0.3 is 5.32 Å². The predicted octanol–water partition coefficient (Wildman–Crippen LogP) is 5.14. The summed E-state index contributed by atoms with van der Waals surface area (Å²) in [7, 11) is 1.91. The summed E-state index contributed by atoms with van der Waals surface area (Å²) in [5.41, 5.74) is 1.10. The molecule has 1 fully saturated rings. The Morgan fingerprint density at radius 1 is 1.19 bits per heavy atom. The van der Waals surface area contributed by atoms with Gasteiger partial charge in [-0.15, -0.1) is 0 Å². The molecule has 5 heteroatoms. The number of nitrogens with one attached hydrogen (secondary N) is 1. The summed E-state index contributed by atoms with van der Waals surface area (Å²) in [5.74, 6) is 2.76. The van der Waals surface area contributed by atoms with Crippen LogP contribution in [0.1, 0.15) is 64.4 Å². The van der Waals surface area contributed by atoms with Crippen molar-refractivity contribution in [1.29, 1.82) is 0 Å². The van der Waals surface area contributed by atoms with Crippen LogP contribution >= 0.6 is 27.7 Å². The topological polar surface area (TPSA) is 37.8 Å². The van der Waals surface area contributed by atoms with E-state index in [0.29, 0.717) is 0 Å². The van der Waals surface area contributed by atoms with Crippen molar-refractivity contribution in [2.75, 3.05) is 12.4 Å². The van der Waals surface area contributed by atoms with Crippen LogP contribution in [0.2, 0.25) is 0 Å². The smallest absolute Gasteiger partial charge is 0.144 e. The van der Waals surface area contributed by atoms with E-state index in [2.05, 4.69) is 47.0 Å². The highest BCUT2D eigenvalue weighted by Crippen LogP contribution is 2.34. The molecule has 0 spiro atoms. The summed E-state index contributed by atoms with van der Waals surface area (Å²) in [5, 5.41) is 3.97. The van der Waals surface area contributed by atoms with E-state index in [1.165, 1.54) is 32.1 Å². The fourth-order valence-corrected chi connectivity index (χ4v) is 4.80. The van der Waals surface area contributed by atoms with Crippen LogP contribution in [0.5, 0.6) is 0 Å². The Hall–Kier alpha value is -0.290. The van der Waals surface area contributed by atoms with Gasteiger partial charge in [-0.3, -0.25) is 0 Å². The second-order valence-electron chi connectivity index (χ2n) is 6.72. The molecule has 1 aliphatic rings. The Kier molecular flexibility index (Phi) is 5.95. The average Bonchev–Trinajstić information content (AvgIpc) is 2.46. The second-order valence-corrected chi connectivity index (χ2v) is 8.80. The molecule has 1 saturated carbocycles. The van der Waals surface area contributed by atoms with Gasteiger partial charge in [0, 0.05) is 17.7 Å². The first kappa shape index (κ1) is 17.1. The third-order valence-electron chi connectivity index (χ3n) is 3.85. The molecule has 2 rings (SSSR count). The minimum Gasteiger partial charge on any atom is -0.372 e. The van der Waals surface area contributed by atoms with Crippen LogP contribution < -0.4 is 5.32 Å². The molecule has 118 valence electrons. The minimum absolute atomic E-state index is 0.0115. The molecule has 0 aromatic carbocycles. The zero-order chi connectivity index (χ0) is 15.5. The summed E-state index contributed by atoms with van der Waals surface area (Å²) in [6.45, 7) is 6.58. The van der Waals surface area contributed by atoms with Gasteiger partial charge in [-0.1, -0.05) is 40.0 Å². The molecule has 0 amide bonds. The fourth-order valence-electron chi connectivity index (χ4n) is 2.64. The maximum atomic E-state index is 4.82. The molecule has 1 aromatic rings. The first-order valence-electron chi connectivity index (χ1n) is 7.78. The number of hydrogen-bond acceptors (Lipinski definition) is 4. The molecule has 0 saturated heterocycles. The molecule has 0 radical (unpaired) electrons. The number of nitrogens with zero attached hydrogens (tertiary/aromatic N) is 2. The minimum atomic E-state index is 0.0115. The van der Waals surface area contributed by atoms with Gasteiger partial charge in [-0.25, -0.2) is 9.97 Å². The Bertz CT molecular complexity index is 479. The molecule has 1 N–H and O–H groups in total. The van der Waals surface area contributed by atoms with Crippen LogP contribution in [0.4, 0.5) is 5.82 Å². The van der Waals surface area contributed by atoms with Crippen molar-refractivity contribution in [3.63, 3.8) is 0 Å². The normalized spacial score (nSPS) is 17.0. The molecule has 21 heavy (non-hydrogen) atoms. The van der Waals surface area contributed by atoms with Gasteiger partial charge >= 0.3 is 0 Å². The van der Waals surface area contributed by atoms with Gasteiger partial charge in [0.2, 0.25) is 0 Å². The number of rotatable bonds is 4. The van der Waals surface area contributed by atoms with Crippen LogP contribution in [0.3, 0.4) is 0 Å². The van der Waals surface area contributed by atoms with E-state index in [0.717, 1.165) is 32.8 Å². The van der Waals surface area contributed by atoms with Crippen LogP contribution in [-0.2, 0) is 11.2 Å². The number of thioether (sulfide) groups is 1. The van der Waals surface area contributed by atoms with Crippen LogP contribution in [0.15, 0.2) is 4.47 Å². The van der Waals surface area contributed by atoms with Gasteiger partial charge in [-0.2, -0.15) is 11.8 Å². The predicted molar refractivity (Wildman–Crippen MR) is 96.1 cm³/mol. The Morgan fingerprint density at radius 3 is 2.43 bits per heavy atom. The quantitative estimate of drug-likeness (QED) is 0.794. The monoisotopic (exact) mass is 371 g/mol. The number of halogens is 1. The van der Waals surface area contributed by atoms with Crippen molar-refractivity contribution < 1.29 is 0 Å². The summed E-state index contributed by atoms with van der Waals surface area (Å²) >= 11 is 5.67. The maximum Gasteiger partial charge on any atom is 0.144 e. The molecule has 1 heterocycles. The summed E-state index contributed by atoms with van der Waals surface area (Å²) < 4.78 is 0.990. The first-order valence-corrected chi connectivity index (χ1v) is 9.62. The Labute approximate surface area is 141 Å². The van der Waals surface area contributed by atoms with E-state index in [9.17, 15) is 0 Å². The third-order valence-corrected chi connectivity index (χ3v) is 5.96. The highest BCUT2D eigenvalue weighted by Gasteiger charge is 2.23. The summed E-state index contributed by atoms with van der Waals surface area (Å²) in [6, 6.07) is 0. The molecule has 3 nitrogen and oxygen atoms in total. The van der Waals surface area contributed by atoms with Crippen molar-refractivity contribution in [3.8, 4) is 0 Å². The molecule has 0 aliphatic heterocycles. The summed E-state index contributed by atoms with van der Waals surface area (Å²) in [6.07, 6.45) is 6.88. The van der Waals surface area contributed by atoms with E-state index in [4.69, 9.17) is 4.98 Å². The molecule has 0 unspecified atom stereocenters. The Morgan fingerprint density at radius 2 is 1.86 bits per heavy atom. The van der Waals surface area contributed by atoms with E-state index < -0.39 is 0 Å². The largest absolute Gasteiger partial charge is 0.372 e. The molecular formula is C16H26BrN3S. The van der Waals surface area contributed by atoms with Crippen LogP contribution in [0.25, 0.3) is 0 Å². The number of anilines is 1. The van der Waals surface area contributed by atoms with Crippen molar-refractivity contribution in [2.24, 2.45) is 0 Å². The lowest BCUT2D eigenvalue weighted by Gasteiger charge is -2.23. The van der Waals surface area contributed by atoms with Crippen molar-refractivity contribution in [2.45, 2.75) is 69.3 Å². The summed E-state index contributed by atoms with van der Waals surface area (Å²) in [4.78, 5) is 9.48. The lowest BCUT2D eigenvalue weighted by Crippen LogP contribution is -2.18. The van der Waals surface area contributed by atoms with Crippen molar-refractivity contribution in [3.05, 3.63) is 16.0 Å². The average molecular weight is 372 g/mol. The van der Waals surface area contributed by atoms with Gasteiger partial charge in [0.05, 0.1) is 15.9 Å². The van der Waals surface area contributed by atoms with Crippen molar-refractivity contribution >= 4 is 33.5 Å². The van der Waals surface area contributed by atoms with Gasteiger partial charge in [-0.05, 0) is 28.8 Å². The molecule has 0 atom stereocenters. The number of aromatic nitrogens is 2. The van der Waals surface area contributed by atoms with E-state index in [-0.39, 0.29) is 5.41 Å². The lowest BCUT2D eigenvalue weighted by molar-refractivity contribution is 0.515. The second kappa shape index (κ2) is 7.32. The molecule has 1 aromatic heterocycles. The van der Waals surface area contributed by atoms with Gasteiger partial charge in [0.15, 0.2) is 0 Å². The molecule has 0 bridgehead atoms. The fraction of sp³-hybridized carbons (Fsp3) is 0.750. The Balaban J connectivity index is 2.15. The highest BCUT2D eigenvalue weighted by molar-refractivity contribution is 9.10. The number of hydrogen-bond donors (Lipinski definition) is 1. The zero-order valence-corrected chi connectivity index (χ0v) is 15.9.